The summed E-state index contributed by atoms with van der Waals surface area (Å²) in [7, 11) is 0. The summed E-state index contributed by atoms with van der Waals surface area (Å²) in [4.78, 5) is 45.3. The third kappa shape index (κ3) is 5.07. The van der Waals surface area contributed by atoms with E-state index in [4.69, 9.17) is 4.42 Å². The quantitative estimate of drug-likeness (QED) is 0.299. The molecule has 0 aromatic carbocycles. The third-order valence-corrected chi connectivity index (χ3v) is 6.41. The Hall–Kier alpha value is -2.59. The molecule has 10 heteroatoms. The lowest BCUT2D eigenvalue weighted by atomic mass is 9.98. The van der Waals surface area contributed by atoms with Gasteiger partial charge in [0.25, 0.3) is 5.56 Å². The smallest absolute Gasteiger partial charge is 0.305 e. The van der Waals surface area contributed by atoms with Crippen LogP contribution in [0.25, 0.3) is 10.2 Å². The highest BCUT2D eigenvalue weighted by atomic mass is 32.2. The van der Waals surface area contributed by atoms with Crippen LogP contribution in [0.1, 0.15) is 41.3 Å². The molecule has 154 valence electrons. The Morgan fingerprint density at radius 2 is 2.17 bits per heavy atom. The number of aromatic amines is 1. The van der Waals surface area contributed by atoms with Crippen molar-refractivity contribution in [3.8, 4) is 0 Å². The zero-order valence-corrected chi connectivity index (χ0v) is 18.0. The molecule has 29 heavy (non-hydrogen) atoms. The fourth-order valence-corrected chi connectivity index (χ4v) is 4.50. The first-order valence-electron chi connectivity index (χ1n) is 9.16. The van der Waals surface area contributed by atoms with E-state index in [0.29, 0.717) is 21.3 Å². The number of aryl methyl sites for hydroxylation is 1. The fraction of sp³-hybridized carbons (Fsp3) is 0.368. The van der Waals surface area contributed by atoms with Crippen LogP contribution in [0, 0.1) is 12.8 Å². The first-order chi connectivity index (χ1) is 13.9. The van der Waals surface area contributed by atoms with Crippen molar-refractivity contribution in [1.82, 2.24) is 20.8 Å². The molecule has 3 N–H and O–H groups in total. The van der Waals surface area contributed by atoms with E-state index in [2.05, 4.69) is 34.7 Å². The van der Waals surface area contributed by atoms with Crippen LogP contribution in [0.4, 0.5) is 0 Å². The van der Waals surface area contributed by atoms with Crippen molar-refractivity contribution in [3.63, 3.8) is 0 Å². The Balaban J connectivity index is 1.64. The Morgan fingerprint density at radius 1 is 1.38 bits per heavy atom. The molecular weight excluding hydrogens is 412 g/mol. The minimum absolute atomic E-state index is 0.0169. The zero-order valence-electron chi connectivity index (χ0n) is 16.3. The molecule has 0 saturated heterocycles. The molecule has 0 fully saturated rings. The van der Waals surface area contributed by atoms with Crippen LogP contribution in [0.3, 0.4) is 0 Å². The summed E-state index contributed by atoms with van der Waals surface area (Å²) < 4.78 is 4.94. The average molecular weight is 435 g/mol. The maximum absolute atomic E-state index is 12.6. The number of H-pyrrole nitrogens is 1. The SMILES string of the molecule is CCC(C)Cc1c(C)sc2nc(SCC(=O)NNC(=O)c3ccco3)[nH]c(=O)c12. The molecule has 0 aliphatic heterocycles. The third-order valence-electron chi connectivity index (χ3n) is 4.49. The van der Waals surface area contributed by atoms with Crippen LogP contribution in [0.15, 0.2) is 32.8 Å². The molecule has 3 heterocycles. The van der Waals surface area contributed by atoms with Gasteiger partial charge < -0.3 is 9.40 Å². The van der Waals surface area contributed by atoms with E-state index in [9.17, 15) is 14.4 Å². The lowest BCUT2D eigenvalue weighted by Gasteiger charge is -2.08. The van der Waals surface area contributed by atoms with Crippen molar-refractivity contribution in [3.05, 3.63) is 45.0 Å². The minimum atomic E-state index is -0.552. The number of nitrogens with zero attached hydrogens (tertiary/aromatic N) is 1. The summed E-state index contributed by atoms with van der Waals surface area (Å²) in [6.45, 7) is 6.30. The number of hydrogen-bond donors (Lipinski definition) is 3. The highest BCUT2D eigenvalue weighted by molar-refractivity contribution is 7.99. The summed E-state index contributed by atoms with van der Waals surface area (Å²) in [5.74, 6) is -0.422. The van der Waals surface area contributed by atoms with Gasteiger partial charge in [0.15, 0.2) is 10.9 Å². The molecule has 0 radical (unpaired) electrons. The van der Waals surface area contributed by atoms with Crippen LogP contribution in [-0.2, 0) is 11.2 Å². The van der Waals surface area contributed by atoms with E-state index in [1.165, 1.54) is 23.7 Å². The summed E-state index contributed by atoms with van der Waals surface area (Å²) in [6.07, 6.45) is 3.25. The number of hydrogen-bond acceptors (Lipinski definition) is 7. The van der Waals surface area contributed by atoms with Crippen LogP contribution >= 0.6 is 23.1 Å². The molecule has 1 atom stereocenters. The van der Waals surface area contributed by atoms with Gasteiger partial charge in [0.2, 0.25) is 5.91 Å². The van der Waals surface area contributed by atoms with Crippen LogP contribution in [0.5, 0.6) is 0 Å². The van der Waals surface area contributed by atoms with Gasteiger partial charge in [-0.05, 0) is 37.0 Å². The van der Waals surface area contributed by atoms with E-state index in [-0.39, 0.29) is 17.1 Å². The molecule has 3 aromatic rings. The first kappa shape index (κ1) is 21.1. The number of carbonyl (C=O) groups excluding carboxylic acids is 2. The lowest BCUT2D eigenvalue weighted by Crippen LogP contribution is -2.42. The maximum Gasteiger partial charge on any atom is 0.305 e. The molecule has 0 aliphatic rings. The van der Waals surface area contributed by atoms with Crippen molar-refractivity contribution in [2.45, 2.75) is 38.8 Å². The largest absolute Gasteiger partial charge is 0.459 e. The second kappa shape index (κ2) is 9.27. The number of rotatable bonds is 7. The van der Waals surface area contributed by atoms with Gasteiger partial charge >= 0.3 is 5.91 Å². The van der Waals surface area contributed by atoms with Crippen molar-refractivity contribution < 1.29 is 14.0 Å². The van der Waals surface area contributed by atoms with Crippen molar-refractivity contribution >= 4 is 45.1 Å². The second-order valence-corrected chi connectivity index (χ2v) is 8.84. The van der Waals surface area contributed by atoms with Crippen LogP contribution < -0.4 is 16.4 Å². The number of carbonyl (C=O) groups is 2. The number of nitrogens with one attached hydrogen (secondary N) is 3. The number of thioether (sulfide) groups is 1. The molecule has 0 saturated carbocycles. The minimum Gasteiger partial charge on any atom is -0.459 e. The summed E-state index contributed by atoms with van der Waals surface area (Å²) >= 11 is 2.59. The Labute approximate surface area is 175 Å². The summed E-state index contributed by atoms with van der Waals surface area (Å²) in [5, 5.41) is 1.01. The molecule has 0 spiro atoms. The Morgan fingerprint density at radius 3 is 2.86 bits per heavy atom. The van der Waals surface area contributed by atoms with Gasteiger partial charge in [0.1, 0.15) is 4.83 Å². The monoisotopic (exact) mass is 434 g/mol. The average Bonchev–Trinajstić information content (AvgIpc) is 3.33. The number of fused-ring (bicyclic) bond motifs is 1. The summed E-state index contributed by atoms with van der Waals surface area (Å²) in [5.41, 5.74) is 5.43. The van der Waals surface area contributed by atoms with Gasteiger partial charge in [0, 0.05) is 4.88 Å². The normalized spacial score (nSPS) is 12.1. The van der Waals surface area contributed by atoms with E-state index < -0.39 is 11.8 Å². The summed E-state index contributed by atoms with van der Waals surface area (Å²) in [6, 6.07) is 3.06. The highest BCUT2D eigenvalue weighted by Crippen LogP contribution is 2.30. The molecule has 2 amide bonds. The standard InChI is InChI=1S/C19H22N4O4S2/c1-4-10(2)8-12-11(3)29-18-15(12)17(26)20-19(21-18)28-9-14(24)22-23-16(25)13-6-5-7-27-13/h5-7,10H,4,8-9H2,1-3H3,(H,22,24)(H,23,25)(H,20,21,26). The van der Waals surface area contributed by atoms with Crippen LogP contribution in [-0.4, -0.2) is 27.5 Å². The van der Waals surface area contributed by atoms with Crippen molar-refractivity contribution in [1.29, 1.82) is 0 Å². The predicted molar refractivity (Wildman–Crippen MR) is 113 cm³/mol. The van der Waals surface area contributed by atoms with E-state index in [0.717, 1.165) is 35.0 Å². The van der Waals surface area contributed by atoms with Gasteiger partial charge in [-0.1, -0.05) is 32.0 Å². The van der Waals surface area contributed by atoms with E-state index >= 15 is 0 Å². The van der Waals surface area contributed by atoms with E-state index in [1.807, 2.05) is 6.92 Å². The van der Waals surface area contributed by atoms with Crippen molar-refractivity contribution in [2.75, 3.05) is 5.75 Å². The molecule has 8 nitrogen and oxygen atoms in total. The molecular formula is C19H22N4O4S2. The molecule has 0 aliphatic carbocycles. The predicted octanol–water partition coefficient (Wildman–Crippen LogP) is 3.03. The number of furan rings is 1. The van der Waals surface area contributed by atoms with Gasteiger partial charge in [-0.3, -0.25) is 25.2 Å². The zero-order chi connectivity index (χ0) is 21.0. The second-order valence-electron chi connectivity index (χ2n) is 6.67. The molecule has 1 unspecified atom stereocenters. The Bertz CT molecular complexity index is 1070. The lowest BCUT2D eigenvalue weighted by molar-refractivity contribution is -0.119. The molecule has 0 bridgehead atoms. The van der Waals surface area contributed by atoms with Gasteiger partial charge in [-0.15, -0.1) is 11.3 Å². The molecule has 3 rings (SSSR count). The van der Waals surface area contributed by atoms with Crippen LogP contribution in [0.2, 0.25) is 0 Å². The highest BCUT2D eigenvalue weighted by Gasteiger charge is 2.17. The topological polar surface area (TPSA) is 117 Å². The van der Waals surface area contributed by atoms with Gasteiger partial charge in [-0.2, -0.15) is 0 Å². The number of thiophene rings is 1. The van der Waals surface area contributed by atoms with Gasteiger partial charge in [0.05, 0.1) is 17.4 Å². The van der Waals surface area contributed by atoms with E-state index in [1.54, 1.807) is 6.07 Å². The van der Waals surface area contributed by atoms with Crippen molar-refractivity contribution in [2.24, 2.45) is 5.92 Å². The fourth-order valence-electron chi connectivity index (χ4n) is 2.73. The Kier molecular flexibility index (Phi) is 6.75. The van der Waals surface area contributed by atoms with Gasteiger partial charge in [-0.25, -0.2) is 4.98 Å². The number of hydrazine groups is 1. The number of amides is 2. The molecule has 3 aromatic heterocycles. The first-order valence-corrected chi connectivity index (χ1v) is 11.0. The maximum atomic E-state index is 12.6. The number of aromatic nitrogens is 2.